The molecule has 0 atom stereocenters. The van der Waals surface area contributed by atoms with E-state index in [2.05, 4.69) is 41.9 Å². The minimum absolute atomic E-state index is 0.0683. The monoisotopic (exact) mass is 261 g/mol. The minimum atomic E-state index is 0.0683. The first kappa shape index (κ1) is 14.0. The van der Waals surface area contributed by atoms with E-state index in [1.807, 2.05) is 13.1 Å². The lowest BCUT2D eigenvalue weighted by Crippen LogP contribution is -2.46. The lowest BCUT2D eigenvalue weighted by atomic mass is 9.99. The Bertz CT molecular complexity index is 468. The van der Waals surface area contributed by atoms with Gasteiger partial charge in [0, 0.05) is 30.7 Å². The second-order valence-electron chi connectivity index (χ2n) is 5.81. The first-order valence-corrected chi connectivity index (χ1v) is 6.81. The number of benzene rings is 1. The molecule has 0 saturated carbocycles. The number of anilines is 1. The molecular formula is C15H23N3O. The molecule has 4 nitrogen and oxygen atoms in total. The molecule has 104 valence electrons. The molecule has 1 amide bonds. The molecule has 2 rings (SSSR count). The van der Waals surface area contributed by atoms with E-state index in [1.54, 1.807) is 0 Å². The van der Waals surface area contributed by atoms with Crippen molar-refractivity contribution in [3.8, 4) is 0 Å². The van der Waals surface area contributed by atoms with Crippen molar-refractivity contribution in [3.63, 3.8) is 0 Å². The van der Waals surface area contributed by atoms with Crippen LogP contribution >= 0.6 is 0 Å². The van der Waals surface area contributed by atoms with Crippen molar-refractivity contribution in [2.45, 2.75) is 38.8 Å². The van der Waals surface area contributed by atoms with Gasteiger partial charge in [0.2, 0.25) is 5.91 Å². The molecule has 0 aromatic heterocycles. The van der Waals surface area contributed by atoms with E-state index in [0.717, 1.165) is 25.2 Å². The average molecular weight is 261 g/mol. The summed E-state index contributed by atoms with van der Waals surface area (Å²) in [4.78, 5) is 11.3. The highest BCUT2D eigenvalue weighted by Crippen LogP contribution is 2.23. The maximum atomic E-state index is 11.3. The number of fused-ring (bicyclic) bond motifs is 1. The molecule has 0 unspecified atom stereocenters. The molecule has 1 aromatic carbocycles. The van der Waals surface area contributed by atoms with E-state index < -0.39 is 0 Å². The fraction of sp³-hybridized carbons (Fsp3) is 0.533. The summed E-state index contributed by atoms with van der Waals surface area (Å²) >= 11 is 0. The average Bonchev–Trinajstić information content (AvgIpc) is 2.36. The van der Waals surface area contributed by atoms with Crippen molar-refractivity contribution in [2.75, 3.05) is 18.9 Å². The van der Waals surface area contributed by atoms with Crippen LogP contribution in [0.25, 0.3) is 0 Å². The molecule has 0 radical (unpaired) electrons. The SMILES string of the molecule is CNCC(C)(C)NCc1ccc2c(c1)CCC(=O)N2. The zero-order valence-electron chi connectivity index (χ0n) is 12.0. The molecule has 1 heterocycles. The van der Waals surface area contributed by atoms with Gasteiger partial charge in [-0.15, -0.1) is 0 Å². The number of rotatable bonds is 5. The number of likely N-dealkylation sites (N-methyl/N-ethyl adjacent to an activating group) is 1. The lowest BCUT2D eigenvalue weighted by molar-refractivity contribution is -0.116. The Morgan fingerprint density at radius 1 is 1.32 bits per heavy atom. The third kappa shape index (κ3) is 3.78. The van der Waals surface area contributed by atoms with Gasteiger partial charge in [-0.05, 0) is 44.5 Å². The van der Waals surface area contributed by atoms with E-state index in [0.29, 0.717) is 6.42 Å². The van der Waals surface area contributed by atoms with Gasteiger partial charge in [0.25, 0.3) is 0 Å². The summed E-state index contributed by atoms with van der Waals surface area (Å²) in [6.45, 7) is 6.13. The number of hydrogen-bond acceptors (Lipinski definition) is 3. The van der Waals surface area contributed by atoms with Crippen molar-refractivity contribution in [1.82, 2.24) is 10.6 Å². The highest BCUT2D eigenvalue weighted by Gasteiger charge is 2.17. The Morgan fingerprint density at radius 3 is 2.84 bits per heavy atom. The maximum Gasteiger partial charge on any atom is 0.224 e. The number of hydrogen-bond donors (Lipinski definition) is 3. The molecule has 19 heavy (non-hydrogen) atoms. The van der Waals surface area contributed by atoms with Crippen LogP contribution in [0.5, 0.6) is 0 Å². The highest BCUT2D eigenvalue weighted by molar-refractivity contribution is 5.93. The van der Waals surface area contributed by atoms with E-state index in [4.69, 9.17) is 0 Å². The highest BCUT2D eigenvalue weighted by atomic mass is 16.1. The predicted octanol–water partition coefficient (Wildman–Crippen LogP) is 1.66. The van der Waals surface area contributed by atoms with Gasteiger partial charge >= 0.3 is 0 Å². The number of nitrogens with one attached hydrogen (secondary N) is 3. The second kappa shape index (κ2) is 5.72. The Kier molecular flexibility index (Phi) is 4.22. The van der Waals surface area contributed by atoms with Gasteiger partial charge in [-0.1, -0.05) is 12.1 Å². The van der Waals surface area contributed by atoms with Gasteiger partial charge in [0.05, 0.1) is 0 Å². The second-order valence-corrected chi connectivity index (χ2v) is 5.81. The third-order valence-electron chi connectivity index (χ3n) is 3.45. The van der Waals surface area contributed by atoms with Crippen molar-refractivity contribution in [3.05, 3.63) is 29.3 Å². The molecule has 0 fully saturated rings. The zero-order chi connectivity index (χ0) is 13.9. The predicted molar refractivity (Wildman–Crippen MR) is 78.2 cm³/mol. The summed E-state index contributed by atoms with van der Waals surface area (Å²) in [7, 11) is 1.96. The van der Waals surface area contributed by atoms with E-state index in [9.17, 15) is 4.79 Å². The summed E-state index contributed by atoms with van der Waals surface area (Å²) in [5.41, 5.74) is 3.54. The van der Waals surface area contributed by atoms with Crippen LogP contribution in [0.1, 0.15) is 31.4 Å². The van der Waals surface area contributed by atoms with Crippen LogP contribution in [0, 0.1) is 0 Å². The Morgan fingerprint density at radius 2 is 2.11 bits per heavy atom. The van der Waals surface area contributed by atoms with Crippen LogP contribution in [0.3, 0.4) is 0 Å². The molecule has 1 aliphatic heterocycles. The molecule has 0 spiro atoms. The smallest absolute Gasteiger partial charge is 0.224 e. The van der Waals surface area contributed by atoms with Gasteiger partial charge in [-0.3, -0.25) is 4.79 Å². The zero-order valence-corrected chi connectivity index (χ0v) is 12.0. The fourth-order valence-corrected chi connectivity index (χ4v) is 2.39. The largest absolute Gasteiger partial charge is 0.326 e. The molecule has 0 saturated heterocycles. The van der Waals surface area contributed by atoms with Crippen LogP contribution < -0.4 is 16.0 Å². The Hall–Kier alpha value is -1.39. The van der Waals surface area contributed by atoms with Crippen molar-refractivity contribution >= 4 is 11.6 Å². The van der Waals surface area contributed by atoms with Crippen LogP contribution in [0.15, 0.2) is 18.2 Å². The molecular weight excluding hydrogens is 238 g/mol. The van der Waals surface area contributed by atoms with E-state index in [1.165, 1.54) is 11.1 Å². The molecule has 1 aliphatic rings. The molecule has 1 aromatic rings. The normalized spacial score (nSPS) is 15.0. The third-order valence-corrected chi connectivity index (χ3v) is 3.45. The van der Waals surface area contributed by atoms with Crippen LogP contribution in [0.2, 0.25) is 0 Å². The molecule has 4 heteroatoms. The van der Waals surface area contributed by atoms with Crippen LogP contribution in [-0.2, 0) is 17.8 Å². The topological polar surface area (TPSA) is 53.2 Å². The number of amides is 1. The van der Waals surface area contributed by atoms with Gasteiger partial charge in [-0.2, -0.15) is 0 Å². The summed E-state index contributed by atoms with van der Waals surface area (Å²) in [5, 5.41) is 9.64. The van der Waals surface area contributed by atoms with Crippen molar-refractivity contribution in [2.24, 2.45) is 0 Å². The number of carbonyl (C=O) groups excluding carboxylic acids is 1. The first-order chi connectivity index (χ1) is 9.00. The van der Waals surface area contributed by atoms with Gasteiger partial charge < -0.3 is 16.0 Å². The quantitative estimate of drug-likeness (QED) is 0.755. The van der Waals surface area contributed by atoms with Crippen LogP contribution in [-0.4, -0.2) is 25.0 Å². The Balaban J connectivity index is 2.01. The first-order valence-electron chi connectivity index (χ1n) is 6.81. The number of carbonyl (C=O) groups is 1. The standard InChI is InChI=1S/C15H23N3O/c1-15(2,10-16-3)17-9-11-4-6-13-12(8-11)5-7-14(19)18-13/h4,6,8,16-17H,5,7,9-10H2,1-3H3,(H,18,19). The number of aryl methyl sites for hydroxylation is 1. The van der Waals surface area contributed by atoms with Gasteiger partial charge in [-0.25, -0.2) is 0 Å². The minimum Gasteiger partial charge on any atom is -0.326 e. The molecule has 0 aliphatic carbocycles. The van der Waals surface area contributed by atoms with Crippen molar-refractivity contribution in [1.29, 1.82) is 0 Å². The molecule has 0 bridgehead atoms. The molecule has 3 N–H and O–H groups in total. The van der Waals surface area contributed by atoms with Gasteiger partial charge in [0.15, 0.2) is 0 Å². The summed E-state index contributed by atoms with van der Waals surface area (Å²) in [5.74, 6) is 0.119. The van der Waals surface area contributed by atoms with Gasteiger partial charge in [0.1, 0.15) is 0 Å². The van der Waals surface area contributed by atoms with Crippen LogP contribution in [0.4, 0.5) is 5.69 Å². The van der Waals surface area contributed by atoms with E-state index >= 15 is 0 Å². The van der Waals surface area contributed by atoms with E-state index in [-0.39, 0.29) is 11.4 Å². The summed E-state index contributed by atoms with van der Waals surface area (Å²) < 4.78 is 0. The summed E-state index contributed by atoms with van der Waals surface area (Å²) in [6, 6.07) is 6.28. The maximum absolute atomic E-state index is 11.3. The lowest BCUT2D eigenvalue weighted by Gasteiger charge is -2.26. The summed E-state index contributed by atoms with van der Waals surface area (Å²) in [6.07, 6.45) is 1.43. The Labute approximate surface area is 115 Å². The van der Waals surface area contributed by atoms with Crippen molar-refractivity contribution < 1.29 is 4.79 Å². The fourth-order valence-electron chi connectivity index (χ4n) is 2.39.